The zero-order valence-corrected chi connectivity index (χ0v) is 5.99. The third-order valence-electron chi connectivity index (χ3n) is 1.73. The average molecular weight is 152 g/mol. The Labute approximate surface area is 83.2 Å². The van der Waals surface area contributed by atoms with E-state index >= 15 is 0 Å². The molecule has 2 aromatic rings. The Bertz CT molecular complexity index is 384. The van der Waals surface area contributed by atoms with Crippen molar-refractivity contribution in [1.82, 2.24) is 0 Å². The number of hydrogen-bond donors (Lipinski definition) is 1. The van der Waals surface area contributed by atoms with E-state index in [2.05, 4.69) is 0 Å². The van der Waals surface area contributed by atoms with Crippen LogP contribution in [-0.4, -0.2) is 24.0 Å². The molecule has 0 heterocycles. The molecule has 1 nitrogen and oxygen atoms in total. The second kappa shape index (κ2) is 3.67. The van der Waals surface area contributed by atoms with Gasteiger partial charge in [-0.05, 0) is 22.9 Å². The zero-order valence-electron chi connectivity index (χ0n) is 5.99. The van der Waals surface area contributed by atoms with Crippen molar-refractivity contribution < 1.29 is 5.11 Å². The van der Waals surface area contributed by atoms with Gasteiger partial charge >= 0.3 is 18.9 Å². The molecule has 0 fully saturated rings. The number of rotatable bonds is 0. The summed E-state index contributed by atoms with van der Waals surface area (Å²) >= 11 is 0. The fraction of sp³-hybridized carbons (Fsp3) is 0. The van der Waals surface area contributed by atoms with Gasteiger partial charge in [-0.15, -0.1) is 0 Å². The van der Waals surface area contributed by atoms with Crippen LogP contribution in [0, 0.1) is 0 Å². The van der Waals surface area contributed by atoms with Gasteiger partial charge in [-0.3, -0.25) is 0 Å². The van der Waals surface area contributed by atoms with E-state index in [1.165, 1.54) is 0 Å². The van der Waals surface area contributed by atoms with Crippen molar-refractivity contribution in [3.8, 4) is 5.75 Å². The van der Waals surface area contributed by atoms with Crippen LogP contribution in [0.2, 0.25) is 0 Å². The molecule has 0 unspecified atom stereocenters. The van der Waals surface area contributed by atoms with E-state index in [-0.39, 0.29) is 18.9 Å². The van der Waals surface area contributed by atoms with Gasteiger partial charge in [0.1, 0.15) is 5.75 Å². The molecule has 0 bridgehead atoms. The Morgan fingerprint density at radius 2 is 1.50 bits per heavy atom. The van der Waals surface area contributed by atoms with Crippen LogP contribution >= 0.6 is 0 Å². The summed E-state index contributed by atoms with van der Waals surface area (Å²) in [5.74, 6) is 0.323. The number of phenols is 1. The van der Waals surface area contributed by atoms with Crippen LogP contribution in [0.3, 0.4) is 0 Å². The van der Waals surface area contributed by atoms with Crippen LogP contribution in [0.15, 0.2) is 42.5 Å². The number of benzene rings is 2. The second-order valence-electron chi connectivity index (χ2n) is 2.53. The summed E-state index contributed by atoms with van der Waals surface area (Å²) in [5, 5.41) is 11.4. The van der Waals surface area contributed by atoms with Gasteiger partial charge in [0.2, 0.25) is 0 Å². The Balaban J connectivity index is 0.000000720. The molecule has 0 spiro atoms. The van der Waals surface area contributed by atoms with Crippen LogP contribution in [0.5, 0.6) is 5.75 Å². The normalized spacial score (nSPS) is 9.33. The van der Waals surface area contributed by atoms with Crippen molar-refractivity contribution in [1.29, 1.82) is 0 Å². The molecule has 12 heavy (non-hydrogen) atoms. The van der Waals surface area contributed by atoms with Gasteiger partial charge in [0.15, 0.2) is 0 Å². The minimum atomic E-state index is 0. The second-order valence-corrected chi connectivity index (χ2v) is 2.53. The van der Waals surface area contributed by atoms with Crippen molar-refractivity contribution in [2.75, 3.05) is 0 Å². The first-order valence-electron chi connectivity index (χ1n) is 3.54. The van der Waals surface area contributed by atoms with Crippen LogP contribution < -0.4 is 0 Å². The molecule has 0 amide bonds. The predicted molar refractivity (Wildman–Crippen MR) is 52.8 cm³/mol. The summed E-state index contributed by atoms with van der Waals surface area (Å²) in [4.78, 5) is 0. The summed E-state index contributed by atoms with van der Waals surface area (Å²) in [6.07, 6.45) is 0. The van der Waals surface area contributed by atoms with Gasteiger partial charge in [0.05, 0.1) is 0 Å². The SMILES string of the molecule is Oc1ccc2ccccc2c1.[LiH]. The van der Waals surface area contributed by atoms with Crippen LogP contribution in [-0.2, 0) is 0 Å². The van der Waals surface area contributed by atoms with E-state index in [1.54, 1.807) is 12.1 Å². The predicted octanol–water partition coefficient (Wildman–Crippen LogP) is 1.90. The molecule has 56 valence electrons. The molecular weight excluding hydrogens is 143 g/mol. The van der Waals surface area contributed by atoms with Gasteiger partial charge in [0, 0.05) is 0 Å². The standard InChI is InChI=1S/C10H8O.Li.H/c11-10-6-5-8-3-1-2-4-9(8)7-10;;/h1-7,11H;;. The van der Waals surface area contributed by atoms with Crippen molar-refractivity contribution in [2.24, 2.45) is 0 Å². The molecule has 2 aromatic carbocycles. The Kier molecular flexibility index (Phi) is 2.81. The minimum absolute atomic E-state index is 0. The Morgan fingerprint density at radius 1 is 0.833 bits per heavy atom. The summed E-state index contributed by atoms with van der Waals surface area (Å²) in [5.41, 5.74) is 0. The fourth-order valence-corrected chi connectivity index (χ4v) is 1.18. The van der Waals surface area contributed by atoms with E-state index in [4.69, 9.17) is 5.11 Å². The van der Waals surface area contributed by atoms with Gasteiger partial charge in [-0.25, -0.2) is 0 Å². The van der Waals surface area contributed by atoms with Crippen molar-refractivity contribution in [3.63, 3.8) is 0 Å². The fourth-order valence-electron chi connectivity index (χ4n) is 1.18. The molecule has 0 aliphatic heterocycles. The van der Waals surface area contributed by atoms with E-state index in [1.807, 2.05) is 30.3 Å². The monoisotopic (exact) mass is 152 g/mol. The number of fused-ring (bicyclic) bond motifs is 1. The Hall–Kier alpha value is -0.903. The van der Waals surface area contributed by atoms with Crippen LogP contribution in [0.25, 0.3) is 10.8 Å². The molecule has 0 radical (unpaired) electrons. The summed E-state index contributed by atoms with van der Waals surface area (Å²) in [6.45, 7) is 0. The average Bonchev–Trinajstić information content (AvgIpc) is 2.04. The third-order valence-corrected chi connectivity index (χ3v) is 1.73. The molecular formula is C10H9LiO. The molecule has 2 rings (SSSR count). The van der Waals surface area contributed by atoms with Crippen molar-refractivity contribution in [3.05, 3.63) is 42.5 Å². The first-order chi connectivity index (χ1) is 5.36. The zero-order chi connectivity index (χ0) is 7.68. The summed E-state index contributed by atoms with van der Waals surface area (Å²) < 4.78 is 0. The number of aromatic hydroxyl groups is 1. The number of phenolic OH excluding ortho intramolecular Hbond substituents is 1. The first kappa shape index (κ1) is 9.19. The maximum atomic E-state index is 9.13. The van der Waals surface area contributed by atoms with Gasteiger partial charge < -0.3 is 5.11 Å². The van der Waals surface area contributed by atoms with Gasteiger partial charge in [0.25, 0.3) is 0 Å². The molecule has 0 atom stereocenters. The molecule has 0 saturated heterocycles. The summed E-state index contributed by atoms with van der Waals surface area (Å²) in [7, 11) is 0. The van der Waals surface area contributed by atoms with Crippen molar-refractivity contribution >= 4 is 29.6 Å². The third kappa shape index (κ3) is 1.64. The van der Waals surface area contributed by atoms with Crippen LogP contribution in [0.1, 0.15) is 0 Å². The summed E-state index contributed by atoms with van der Waals surface area (Å²) in [6, 6.07) is 13.3. The first-order valence-corrected chi connectivity index (χ1v) is 3.54. The Morgan fingerprint density at radius 3 is 2.25 bits per heavy atom. The molecule has 0 aliphatic carbocycles. The maximum absolute atomic E-state index is 9.13. The van der Waals surface area contributed by atoms with E-state index in [0.29, 0.717) is 5.75 Å². The topological polar surface area (TPSA) is 20.2 Å². The molecule has 0 saturated carbocycles. The quantitative estimate of drug-likeness (QED) is 0.571. The molecule has 0 aromatic heterocycles. The van der Waals surface area contributed by atoms with E-state index in [9.17, 15) is 0 Å². The molecule has 2 heteroatoms. The van der Waals surface area contributed by atoms with Gasteiger partial charge in [-0.1, -0.05) is 30.3 Å². The van der Waals surface area contributed by atoms with E-state index < -0.39 is 0 Å². The van der Waals surface area contributed by atoms with Gasteiger partial charge in [-0.2, -0.15) is 0 Å². The number of hydrogen-bond acceptors (Lipinski definition) is 1. The van der Waals surface area contributed by atoms with Crippen molar-refractivity contribution in [2.45, 2.75) is 0 Å². The molecule has 0 aliphatic rings. The van der Waals surface area contributed by atoms with E-state index in [0.717, 1.165) is 10.8 Å². The molecule has 1 N–H and O–H groups in total. The van der Waals surface area contributed by atoms with Crippen LogP contribution in [0.4, 0.5) is 0 Å².